The first-order chi connectivity index (χ1) is 6.68. The van der Waals surface area contributed by atoms with Gasteiger partial charge >= 0.3 is 57.4 Å². The van der Waals surface area contributed by atoms with Crippen LogP contribution in [0.4, 0.5) is 0 Å². The van der Waals surface area contributed by atoms with Crippen molar-refractivity contribution in [2.24, 2.45) is 0 Å². The van der Waals surface area contributed by atoms with Gasteiger partial charge in [-0.3, -0.25) is 0 Å². The molecule has 0 aliphatic heterocycles. The number of carbonyl (C=O) groups is 1. The average Bonchev–Trinajstić information content (AvgIpc) is 2.16. The average molecular weight is 228 g/mol. The summed E-state index contributed by atoms with van der Waals surface area (Å²) in [6, 6.07) is 10.2. The molecule has 0 atom stereocenters. The van der Waals surface area contributed by atoms with E-state index in [-0.39, 0.29) is 62.7 Å². The number of fused-ring (bicyclic) bond motifs is 1. The van der Waals surface area contributed by atoms with Crippen LogP contribution in [-0.4, -0.2) is 67.6 Å². The van der Waals surface area contributed by atoms with Gasteiger partial charge in [0.05, 0.1) is 0 Å². The van der Waals surface area contributed by atoms with E-state index < -0.39 is 5.97 Å². The normalized spacial score (nSPS) is 9.60. The summed E-state index contributed by atoms with van der Waals surface area (Å²) in [7, 11) is 0. The Kier molecular flexibility index (Phi) is 4.30. The predicted octanol–water partition coefficient (Wildman–Crippen LogP) is 1.60. The third-order valence-electron chi connectivity index (χ3n) is 2.09. The minimum absolute atomic E-state index is 0. The number of carboxylic acids is 1. The molecule has 2 N–H and O–H groups in total. The van der Waals surface area contributed by atoms with Gasteiger partial charge in [-0.05, 0) is 22.9 Å². The maximum atomic E-state index is 10.7. The number of aromatic carboxylic acids is 1. The summed E-state index contributed by atoms with van der Waals surface area (Å²) in [5, 5.41) is 19.8. The molecule has 0 aliphatic carbocycles. The standard InChI is InChI=1S/C11H8O3.K.H/c12-10-6-8-4-2-1-3-7(8)5-9(10)11(13)14;;/h1-6,12H,(H,13,14);;. The van der Waals surface area contributed by atoms with E-state index in [4.69, 9.17) is 5.11 Å². The fourth-order valence-electron chi connectivity index (χ4n) is 1.40. The Labute approximate surface area is 129 Å². The monoisotopic (exact) mass is 228 g/mol. The van der Waals surface area contributed by atoms with E-state index in [9.17, 15) is 9.90 Å². The Balaban J connectivity index is 0.00000112. The third kappa shape index (κ3) is 2.59. The molecule has 2 rings (SSSR count). The number of benzene rings is 2. The fraction of sp³-hybridized carbons (Fsp3) is 0. The summed E-state index contributed by atoms with van der Waals surface area (Å²) in [6.07, 6.45) is 0. The van der Waals surface area contributed by atoms with E-state index in [1.165, 1.54) is 12.1 Å². The van der Waals surface area contributed by atoms with Crippen LogP contribution in [0, 0.1) is 0 Å². The van der Waals surface area contributed by atoms with E-state index in [2.05, 4.69) is 0 Å². The number of phenols is 1. The van der Waals surface area contributed by atoms with Crippen molar-refractivity contribution in [2.45, 2.75) is 0 Å². The Hall–Kier alpha value is -0.394. The zero-order chi connectivity index (χ0) is 10.1. The molecule has 0 bridgehead atoms. The molecule has 0 unspecified atom stereocenters. The van der Waals surface area contributed by atoms with Crippen molar-refractivity contribution < 1.29 is 15.0 Å². The molecule has 0 aromatic heterocycles. The van der Waals surface area contributed by atoms with Crippen molar-refractivity contribution in [2.75, 3.05) is 0 Å². The summed E-state index contributed by atoms with van der Waals surface area (Å²) in [4.78, 5) is 10.7. The number of hydrogen-bond acceptors (Lipinski definition) is 2. The molecule has 0 heterocycles. The second-order valence-corrected chi connectivity index (χ2v) is 3.02. The fourth-order valence-corrected chi connectivity index (χ4v) is 1.40. The number of aromatic hydroxyl groups is 1. The molecule has 4 heteroatoms. The first kappa shape index (κ1) is 12.7. The molecule has 0 fully saturated rings. The Bertz CT molecular complexity index is 508. The molecule has 0 aliphatic rings. The SMILES string of the molecule is O=C(O)c1cc2ccccc2cc1O.[KH]. The molecule has 0 amide bonds. The molecule has 2 aromatic rings. The van der Waals surface area contributed by atoms with Crippen molar-refractivity contribution in [1.29, 1.82) is 0 Å². The van der Waals surface area contributed by atoms with Gasteiger partial charge in [-0.1, -0.05) is 24.3 Å². The zero-order valence-corrected chi connectivity index (χ0v) is 7.27. The van der Waals surface area contributed by atoms with Crippen LogP contribution in [0.3, 0.4) is 0 Å². The van der Waals surface area contributed by atoms with Crippen molar-refractivity contribution in [3.8, 4) is 5.75 Å². The second kappa shape index (κ2) is 5.09. The molecule has 0 saturated carbocycles. The van der Waals surface area contributed by atoms with Crippen LogP contribution in [0.1, 0.15) is 10.4 Å². The van der Waals surface area contributed by atoms with Crippen molar-refractivity contribution >= 4 is 68.1 Å². The van der Waals surface area contributed by atoms with E-state index in [1.807, 2.05) is 18.2 Å². The van der Waals surface area contributed by atoms with Crippen LogP contribution < -0.4 is 0 Å². The summed E-state index contributed by atoms with van der Waals surface area (Å²) < 4.78 is 0. The molecule has 0 spiro atoms. The summed E-state index contributed by atoms with van der Waals surface area (Å²) in [5.74, 6) is -1.32. The predicted molar refractivity (Wildman–Crippen MR) is 59.7 cm³/mol. The third-order valence-corrected chi connectivity index (χ3v) is 2.09. The second-order valence-electron chi connectivity index (χ2n) is 3.02. The summed E-state index contributed by atoms with van der Waals surface area (Å²) >= 11 is 0. The van der Waals surface area contributed by atoms with Crippen molar-refractivity contribution in [3.05, 3.63) is 42.0 Å². The van der Waals surface area contributed by atoms with Gasteiger partial charge in [0.15, 0.2) is 0 Å². The number of carboxylic acid groups (broad SMARTS) is 1. The molecule has 0 radical (unpaired) electrons. The quantitative estimate of drug-likeness (QED) is 0.729. The summed E-state index contributed by atoms with van der Waals surface area (Å²) in [6.45, 7) is 0. The number of rotatable bonds is 1. The van der Waals surface area contributed by atoms with Gasteiger partial charge in [0.2, 0.25) is 0 Å². The zero-order valence-electron chi connectivity index (χ0n) is 7.27. The Morgan fingerprint density at radius 2 is 1.60 bits per heavy atom. The minimum atomic E-state index is -1.12. The summed E-state index contributed by atoms with van der Waals surface area (Å²) in [5.41, 5.74) is -0.0660. The van der Waals surface area contributed by atoms with Gasteiger partial charge in [0.1, 0.15) is 11.3 Å². The Morgan fingerprint density at radius 3 is 2.13 bits per heavy atom. The first-order valence-electron chi connectivity index (χ1n) is 4.13. The van der Waals surface area contributed by atoms with Gasteiger partial charge in [-0.15, -0.1) is 0 Å². The molecule has 72 valence electrons. The van der Waals surface area contributed by atoms with Crippen LogP contribution in [0.2, 0.25) is 0 Å². The van der Waals surface area contributed by atoms with Gasteiger partial charge < -0.3 is 10.2 Å². The topological polar surface area (TPSA) is 57.5 Å². The van der Waals surface area contributed by atoms with E-state index >= 15 is 0 Å². The van der Waals surface area contributed by atoms with Gasteiger partial charge in [0.25, 0.3) is 0 Å². The van der Waals surface area contributed by atoms with Crippen LogP contribution in [-0.2, 0) is 0 Å². The molecule has 15 heavy (non-hydrogen) atoms. The molecular formula is C11H9KO3. The van der Waals surface area contributed by atoms with E-state index in [1.54, 1.807) is 6.07 Å². The van der Waals surface area contributed by atoms with Crippen molar-refractivity contribution in [3.63, 3.8) is 0 Å². The van der Waals surface area contributed by atoms with Gasteiger partial charge in [-0.25, -0.2) is 4.79 Å². The van der Waals surface area contributed by atoms with E-state index in [0.29, 0.717) is 0 Å². The number of hydrogen-bond donors (Lipinski definition) is 2. The van der Waals surface area contributed by atoms with Gasteiger partial charge in [-0.2, -0.15) is 0 Å². The molecule has 3 nitrogen and oxygen atoms in total. The van der Waals surface area contributed by atoms with Crippen LogP contribution >= 0.6 is 0 Å². The Morgan fingerprint density at radius 1 is 1.07 bits per heavy atom. The van der Waals surface area contributed by atoms with Crippen LogP contribution in [0.5, 0.6) is 5.75 Å². The molecular weight excluding hydrogens is 219 g/mol. The van der Waals surface area contributed by atoms with E-state index in [0.717, 1.165) is 10.8 Å². The molecule has 0 saturated heterocycles. The maximum absolute atomic E-state index is 10.7. The molecule has 2 aromatic carbocycles. The van der Waals surface area contributed by atoms with Crippen LogP contribution in [0.25, 0.3) is 10.8 Å². The van der Waals surface area contributed by atoms with Gasteiger partial charge in [0, 0.05) is 0 Å². The van der Waals surface area contributed by atoms with Crippen LogP contribution in [0.15, 0.2) is 36.4 Å². The first-order valence-corrected chi connectivity index (χ1v) is 4.13. The van der Waals surface area contributed by atoms with Crippen molar-refractivity contribution in [1.82, 2.24) is 0 Å².